The van der Waals surface area contributed by atoms with Gasteiger partial charge in [-0.3, -0.25) is 19.2 Å². The minimum absolute atomic E-state index is 0.0756. The number of primary amides is 1. The molecule has 2 aromatic rings. The van der Waals surface area contributed by atoms with E-state index in [9.17, 15) is 9.59 Å². The zero-order valence-electron chi connectivity index (χ0n) is 14.6. The molecule has 3 rings (SSSR count). The van der Waals surface area contributed by atoms with Gasteiger partial charge in [-0.25, -0.2) is 0 Å². The second kappa shape index (κ2) is 7.88. The third-order valence-corrected chi connectivity index (χ3v) is 4.90. The summed E-state index contributed by atoms with van der Waals surface area (Å²) < 4.78 is 1.64. The topological polar surface area (TPSA) is 93.2 Å². The minimum atomic E-state index is -0.251. The van der Waals surface area contributed by atoms with Crippen molar-refractivity contribution >= 4 is 29.2 Å². The van der Waals surface area contributed by atoms with Crippen LogP contribution in [0.3, 0.4) is 0 Å². The van der Waals surface area contributed by atoms with Gasteiger partial charge in [0, 0.05) is 29.6 Å². The number of rotatable bonds is 5. The van der Waals surface area contributed by atoms with E-state index in [1.54, 1.807) is 23.9 Å². The predicted octanol–water partition coefficient (Wildman–Crippen LogP) is 1.88. The number of nitrogens with one attached hydrogen (secondary N) is 1. The summed E-state index contributed by atoms with van der Waals surface area (Å²) in [5.41, 5.74) is 7.03. The molecule has 0 unspecified atom stereocenters. The summed E-state index contributed by atoms with van der Waals surface area (Å²) in [7, 11) is 1.79. The Balaban J connectivity index is 1.58. The van der Waals surface area contributed by atoms with E-state index in [4.69, 9.17) is 17.3 Å². The zero-order valence-corrected chi connectivity index (χ0v) is 15.4. The van der Waals surface area contributed by atoms with E-state index in [0.29, 0.717) is 36.8 Å². The van der Waals surface area contributed by atoms with Gasteiger partial charge in [0.2, 0.25) is 11.8 Å². The number of halogens is 1. The van der Waals surface area contributed by atoms with E-state index in [1.807, 2.05) is 23.1 Å². The normalized spacial score (nSPS) is 15.8. The number of anilines is 1. The van der Waals surface area contributed by atoms with Crippen LogP contribution >= 0.6 is 11.6 Å². The highest BCUT2D eigenvalue weighted by atomic mass is 35.5. The van der Waals surface area contributed by atoms with Crippen molar-refractivity contribution in [1.82, 2.24) is 14.7 Å². The molecule has 0 saturated carbocycles. The highest BCUT2D eigenvalue weighted by Gasteiger charge is 2.24. The van der Waals surface area contributed by atoms with E-state index in [-0.39, 0.29) is 24.3 Å². The Bertz CT molecular complexity index is 794. The number of carbonyl (C=O) groups excluding carboxylic acids is 2. The molecule has 2 amide bonds. The molecular formula is C18H22ClN5O2. The fourth-order valence-electron chi connectivity index (χ4n) is 3.11. The Hall–Kier alpha value is -2.38. The second-order valence-electron chi connectivity index (χ2n) is 6.55. The van der Waals surface area contributed by atoms with Crippen LogP contribution in [-0.2, 0) is 16.6 Å². The maximum absolute atomic E-state index is 12.3. The van der Waals surface area contributed by atoms with Gasteiger partial charge in [0.25, 0.3) is 0 Å². The zero-order chi connectivity index (χ0) is 18.7. The van der Waals surface area contributed by atoms with Crippen molar-refractivity contribution in [2.75, 3.05) is 25.0 Å². The summed E-state index contributed by atoms with van der Waals surface area (Å²) in [6.07, 6.45) is 1.41. The Morgan fingerprint density at radius 2 is 1.92 bits per heavy atom. The summed E-state index contributed by atoms with van der Waals surface area (Å²) >= 11 is 5.91. The van der Waals surface area contributed by atoms with Gasteiger partial charge < -0.3 is 11.1 Å². The van der Waals surface area contributed by atoms with Gasteiger partial charge in [-0.2, -0.15) is 5.10 Å². The molecule has 26 heavy (non-hydrogen) atoms. The Morgan fingerprint density at radius 3 is 2.54 bits per heavy atom. The summed E-state index contributed by atoms with van der Waals surface area (Å²) in [6.45, 7) is 1.68. The van der Waals surface area contributed by atoms with Crippen LogP contribution in [0.1, 0.15) is 12.8 Å². The molecule has 3 N–H and O–H groups in total. The highest BCUT2D eigenvalue weighted by molar-refractivity contribution is 6.30. The number of likely N-dealkylation sites (tertiary alicyclic amines) is 1. The van der Waals surface area contributed by atoms with Crippen LogP contribution in [0.2, 0.25) is 5.02 Å². The first-order valence-electron chi connectivity index (χ1n) is 8.54. The quantitative estimate of drug-likeness (QED) is 0.834. The molecule has 1 saturated heterocycles. The maximum atomic E-state index is 12.3. The van der Waals surface area contributed by atoms with Crippen molar-refractivity contribution in [1.29, 1.82) is 0 Å². The SMILES string of the molecule is Cn1nc(-c2ccc(Cl)cc2)cc1NC(=O)CN1CCC(C(N)=O)CC1. The monoisotopic (exact) mass is 375 g/mol. The number of benzene rings is 1. The molecule has 1 fully saturated rings. The molecule has 0 aliphatic carbocycles. The molecule has 7 nitrogen and oxygen atoms in total. The fraction of sp³-hybridized carbons (Fsp3) is 0.389. The van der Waals surface area contributed by atoms with E-state index in [1.165, 1.54) is 0 Å². The van der Waals surface area contributed by atoms with Crippen molar-refractivity contribution in [3.63, 3.8) is 0 Å². The fourth-order valence-corrected chi connectivity index (χ4v) is 3.23. The number of aryl methyl sites for hydroxylation is 1. The van der Waals surface area contributed by atoms with E-state index < -0.39 is 0 Å². The lowest BCUT2D eigenvalue weighted by atomic mass is 9.96. The van der Waals surface area contributed by atoms with Crippen LogP contribution in [0.15, 0.2) is 30.3 Å². The van der Waals surface area contributed by atoms with Gasteiger partial charge in [0.1, 0.15) is 5.82 Å². The molecule has 1 aromatic carbocycles. The molecule has 2 heterocycles. The number of hydrogen-bond acceptors (Lipinski definition) is 4. The summed E-state index contributed by atoms with van der Waals surface area (Å²) in [5, 5.41) is 7.99. The first-order valence-corrected chi connectivity index (χ1v) is 8.91. The Morgan fingerprint density at radius 1 is 1.27 bits per heavy atom. The number of carbonyl (C=O) groups is 2. The molecule has 1 aliphatic rings. The molecule has 0 radical (unpaired) electrons. The number of nitrogens with zero attached hydrogens (tertiary/aromatic N) is 3. The molecule has 1 aromatic heterocycles. The number of hydrogen-bond donors (Lipinski definition) is 2. The summed E-state index contributed by atoms with van der Waals surface area (Å²) in [5.74, 6) is 0.201. The van der Waals surface area contributed by atoms with Crippen molar-refractivity contribution < 1.29 is 9.59 Å². The van der Waals surface area contributed by atoms with Gasteiger partial charge in [-0.1, -0.05) is 23.7 Å². The second-order valence-corrected chi connectivity index (χ2v) is 6.98. The van der Waals surface area contributed by atoms with Crippen LogP contribution in [-0.4, -0.2) is 46.1 Å². The molecule has 0 bridgehead atoms. The largest absolute Gasteiger partial charge is 0.369 e. The highest BCUT2D eigenvalue weighted by Crippen LogP contribution is 2.23. The molecule has 8 heteroatoms. The average molecular weight is 376 g/mol. The van der Waals surface area contributed by atoms with Crippen molar-refractivity contribution in [3.05, 3.63) is 35.4 Å². The smallest absolute Gasteiger partial charge is 0.239 e. The van der Waals surface area contributed by atoms with E-state index in [2.05, 4.69) is 10.4 Å². The standard InChI is InChI=1S/C18H22ClN5O2/c1-23-16(10-15(22-23)12-2-4-14(19)5-3-12)21-17(25)11-24-8-6-13(7-9-24)18(20)26/h2-5,10,13H,6-9,11H2,1H3,(H2,20,26)(H,21,25). The van der Waals surface area contributed by atoms with Crippen LogP contribution < -0.4 is 11.1 Å². The van der Waals surface area contributed by atoms with Gasteiger partial charge in [0.15, 0.2) is 0 Å². The lowest BCUT2D eigenvalue weighted by Gasteiger charge is -2.29. The van der Waals surface area contributed by atoms with Gasteiger partial charge in [-0.05, 0) is 38.1 Å². The molecule has 1 aliphatic heterocycles. The summed E-state index contributed by atoms with van der Waals surface area (Å²) in [6, 6.07) is 9.22. The van der Waals surface area contributed by atoms with Crippen LogP contribution in [0, 0.1) is 5.92 Å². The number of nitrogens with two attached hydrogens (primary N) is 1. The Kier molecular flexibility index (Phi) is 5.58. The lowest BCUT2D eigenvalue weighted by molar-refractivity contribution is -0.123. The number of amides is 2. The number of piperidine rings is 1. The first kappa shape index (κ1) is 18.4. The van der Waals surface area contributed by atoms with E-state index in [0.717, 1.165) is 11.3 Å². The third kappa shape index (κ3) is 4.42. The molecular weight excluding hydrogens is 354 g/mol. The average Bonchev–Trinajstić information content (AvgIpc) is 2.96. The predicted molar refractivity (Wildman–Crippen MR) is 101 cm³/mol. The minimum Gasteiger partial charge on any atom is -0.369 e. The first-order chi connectivity index (χ1) is 12.4. The maximum Gasteiger partial charge on any atom is 0.239 e. The van der Waals surface area contributed by atoms with Gasteiger partial charge >= 0.3 is 0 Å². The Labute approximate surface area is 157 Å². The third-order valence-electron chi connectivity index (χ3n) is 4.64. The van der Waals surface area contributed by atoms with Gasteiger partial charge in [0.05, 0.1) is 12.2 Å². The van der Waals surface area contributed by atoms with Crippen molar-refractivity contribution in [2.45, 2.75) is 12.8 Å². The molecule has 0 atom stereocenters. The van der Waals surface area contributed by atoms with Crippen LogP contribution in [0.25, 0.3) is 11.3 Å². The summed E-state index contributed by atoms with van der Waals surface area (Å²) in [4.78, 5) is 25.6. The lowest BCUT2D eigenvalue weighted by Crippen LogP contribution is -2.42. The molecule has 0 spiro atoms. The van der Waals surface area contributed by atoms with Crippen LogP contribution in [0.5, 0.6) is 0 Å². The van der Waals surface area contributed by atoms with Crippen molar-refractivity contribution in [3.8, 4) is 11.3 Å². The van der Waals surface area contributed by atoms with E-state index >= 15 is 0 Å². The van der Waals surface area contributed by atoms with Gasteiger partial charge in [-0.15, -0.1) is 0 Å². The molecule has 138 valence electrons. The van der Waals surface area contributed by atoms with Crippen molar-refractivity contribution in [2.24, 2.45) is 18.7 Å². The number of aromatic nitrogens is 2. The van der Waals surface area contributed by atoms with Crippen LogP contribution in [0.4, 0.5) is 5.82 Å².